The molecule has 1 saturated heterocycles. The van der Waals surface area contributed by atoms with E-state index in [1.54, 1.807) is 23.9 Å². The maximum Gasteiger partial charge on any atom is 0.326 e. The van der Waals surface area contributed by atoms with Gasteiger partial charge < -0.3 is 14.6 Å². The van der Waals surface area contributed by atoms with Gasteiger partial charge in [0, 0.05) is 19.8 Å². The highest BCUT2D eigenvalue weighted by atomic mass is 35.5. The lowest BCUT2D eigenvalue weighted by Gasteiger charge is -2.37. The number of carboxylic acid groups (broad SMARTS) is 1. The first-order valence-electron chi connectivity index (χ1n) is 6.27. The van der Waals surface area contributed by atoms with Gasteiger partial charge in [0.1, 0.15) is 11.7 Å². The lowest BCUT2D eigenvalue weighted by atomic mass is 9.90. The van der Waals surface area contributed by atoms with Crippen molar-refractivity contribution >= 4 is 23.5 Å². The monoisotopic (exact) mass is 284 g/mol. The average Bonchev–Trinajstić information content (AvgIpc) is 2.66. The molecule has 1 aliphatic heterocycles. The molecule has 1 amide bonds. The van der Waals surface area contributed by atoms with Crippen molar-refractivity contribution in [1.29, 1.82) is 0 Å². The lowest BCUT2D eigenvalue weighted by Crippen LogP contribution is -2.52. The highest BCUT2D eigenvalue weighted by Crippen LogP contribution is 2.26. The van der Waals surface area contributed by atoms with Crippen LogP contribution in [0.5, 0.6) is 0 Å². The van der Waals surface area contributed by atoms with Gasteiger partial charge >= 0.3 is 5.97 Å². The minimum Gasteiger partial charge on any atom is -0.480 e. The Kier molecular flexibility index (Phi) is 3.85. The van der Waals surface area contributed by atoms with Gasteiger partial charge in [0.15, 0.2) is 0 Å². The number of amides is 1. The Morgan fingerprint density at radius 3 is 2.68 bits per heavy atom. The summed E-state index contributed by atoms with van der Waals surface area (Å²) < 4.78 is 1.63. The molecule has 1 fully saturated rings. The summed E-state index contributed by atoms with van der Waals surface area (Å²) in [5.41, 5.74) is 0.422. The second kappa shape index (κ2) is 5.25. The van der Waals surface area contributed by atoms with Gasteiger partial charge in [-0.3, -0.25) is 4.79 Å². The number of carboxylic acids is 1. The number of aliphatic carboxylic acids is 1. The van der Waals surface area contributed by atoms with E-state index in [2.05, 4.69) is 0 Å². The first-order chi connectivity index (χ1) is 8.91. The van der Waals surface area contributed by atoms with E-state index in [0.29, 0.717) is 17.3 Å². The summed E-state index contributed by atoms with van der Waals surface area (Å²) in [5.74, 6) is -1.25. The van der Waals surface area contributed by atoms with Crippen LogP contribution in [-0.2, 0) is 11.8 Å². The molecule has 2 unspecified atom stereocenters. The van der Waals surface area contributed by atoms with Gasteiger partial charge in [0.25, 0.3) is 5.91 Å². The fourth-order valence-electron chi connectivity index (χ4n) is 2.68. The lowest BCUT2D eigenvalue weighted by molar-refractivity contribution is -0.145. The minimum atomic E-state index is -0.944. The van der Waals surface area contributed by atoms with Crippen molar-refractivity contribution in [2.75, 3.05) is 6.54 Å². The number of halogens is 1. The molecule has 0 aromatic carbocycles. The number of aryl methyl sites for hydroxylation is 1. The Bertz CT molecular complexity index is 512. The predicted octanol–water partition coefficient (Wildman–Crippen LogP) is 2.00. The van der Waals surface area contributed by atoms with E-state index in [1.807, 2.05) is 6.92 Å². The fourth-order valence-corrected chi connectivity index (χ4v) is 2.93. The van der Waals surface area contributed by atoms with Crippen LogP contribution in [0.25, 0.3) is 0 Å². The molecule has 5 nitrogen and oxygen atoms in total. The Morgan fingerprint density at radius 2 is 2.16 bits per heavy atom. The molecule has 6 heteroatoms. The van der Waals surface area contributed by atoms with Gasteiger partial charge in [-0.25, -0.2) is 4.79 Å². The maximum absolute atomic E-state index is 12.5. The first kappa shape index (κ1) is 13.9. The van der Waals surface area contributed by atoms with Crippen molar-refractivity contribution < 1.29 is 14.7 Å². The minimum absolute atomic E-state index is 0.0362. The van der Waals surface area contributed by atoms with E-state index in [0.717, 1.165) is 12.8 Å². The predicted molar refractivity (Wildman–Crippen MR) is 71.3 cm³/mol. The van der Waals surface area contributed by atoms with E-state index >= 15 is 0 Å². The number of carbonyl (C=O) groups excluding carboxylic acids is 1. The molecule has 0 bridgehead atoms. The SMILES string of the molecule is CC1CCCN(C(=O)c2cc(Cl)cn2C)C1C(=O)O. The normalized spacial score (nSPS) is 23.4. The van der Waals surface area contributed by atoms with Crippen molar-refractivity contribution in [3.05, 3.63) is 23.0 Å². The van der Waals surface area contributed by atoms with Gasteiger partial charge in [-0.2, -0.15) is 0 Å². The topological polar surface area (TPSA) is 62.5 Å². The Balaban J connectivity index is 2.30. The number of nitrogens with zero attached hydrogens (tertiary/aromatic N) is 2. The average molecular weight is 285 g/mol. The van der Waals surface area contributed by atoms with E-state index in [1.165, 1.54) is 4.90 Å². The van der Waals surface area contributed by atoms with Gasteiger partial charge in [-0.05, 0) is 24.8 Å². The molecule has 1 N–H and O–H groups in total. The summed E-state index contributed by atoms with van der Waals surface area (Å²) >= 11 is 5.87. The Labute approximate surface area is 116 Å². The van der Waals surface area contributed by atoms with E-state index in [-0.39, 0.29) is 11.8 Å². The Morgan fingerprint density at radius 1 is 1.47 bits per heavy atom. The van der Waals surface area contributed by atoms with Crippen molar-refractivity contribution in [1.82, 2.24) is 9.47 Å². The second-order valence-electron chi connectivity index (χ2n) is 5.06. The van der Waals surface area contributed by atoms with Crippen LogP contribution in [0.4, 0.5) is 0 Å². The van der Waals surface area contributed by atoms with Crippen LogP contribution < -0.4 is 0 Å². The number of carbonyl (C=O) groups is 2. The van der Waals surface area contributed by atoms with E-state index < -0.39 is 12.0 Å². The van der Waals surface area contributed by atoms with Crippen LogP contribution >= 0.6 is 11.6 Å². The van der Waals surface area contributed by atoms with Gasteiger partial charge in [-0.15, -0.1) is 0 Å². The highest BCUT2D eigenvalue weighted by molar-refractivity contribution is 6.31. The number of likely N-dealkylation sites (tertiary alicyclic amines) is 1. The molecule has 0 saturated carbocycles. The molecule has 2 rings (SSSR count). The molecule has 2 heterocycles. The quantitative estimate of drug-likeness (QED) is 0.903. The molecule has 1 aromatic rings. The first-order valence-corrected chi connectivity index (χ1v) is 6.65. The Hall–Kier alpha value is -1.49. The third-order valence-corrected chi connectivity index (χ3v) is 3.84. The van der Waals surface area contributed by atoms with Crippen LogP contribution in [0, 0.1) is 5.92 Å². The van der Waals surface area contributed by atoms with Crippen molar-refractivity contribution in [2.24, 2.45) is 13.0 Å². The summed E-state index contributed by atoms with van der Waals surface area (Å²) in [6, 6.07) is 0.817. The molecule has 1 aromatic heterocycles. The third-order valence-electron chi connectivity index (χ3n) is 3.64. The molecule has 0 aliphatic carbocycles. The molecular weight excluding hydrogens is 268 g/mol. The zero-order chi connectivity index (χ0) is 14.2. The summed E-state index contributed by atoms with van der Waals surface area (Å²) in [6.45, 7) is 2.35. The van der Waals surface area contributed by atoms with Crippen molar-refractivity contribution in [3.8, 4) is 0 Å². The largest absolute Gasteiger partial charge is 0.480 e. The van der Waals surface area contributed by atoms with E-state index in [4.69, 9.17) is 11.6 Å². The summed E-state index contributed by atoms with van der Waals surface area (Å²) in [4.78, 5) is 25.3. The zero-order valence-electron chi connectivity index (χ0n) is 11.0. The molecule has 0 spiro atoms. The number of aromatic nitrogens is 1. The maximum atomic E-state index is 12.5. The summed E-state index contributed by atoms with van der Waals surface area (Å²) in [7, 11) is 1.72. The molecule has 19 heavy (non-hydrogen) atoms. The van der Waals surface area contributed by atoms with Crippen molar-refractivity contribution in [3.63, 3.8) is 0 Å². The van der Waals surface area contributed by atoms with E-state index in [9.17, 15) is 14.7 Å². The van der Waals surface area contributed by atoms with Gasteiger partial charge in [0.2, 0.25) is 0 Å². The molecule has 1 aliphatic rings. The highest BCUT2D eigenvalue weighted by Gasteiger charge is 2.38. The fraction of sp³-hybridized carbons (Fsp3) is 0.538. The zero-order valence-corrected chi connectivity index (χ0v) is 11.7. The van der Waals surface area contributed by atoms with Crippen LogP contribution in [-0.4, -0.2) is 39.0 Å². The summed E-state index contributed by atoms with van der Waals surface area (Å²) in [5, 5.41) is 9.80. The number of hydrogen-bond acceptors (Lipinski definition) is 2. The number of hydrogen-bond donors (Lipinski definition) is 1. The van der Waals surface area contributed by atoms with Crippen LogP contribution in [0.3, 0.4) is 0 Å². The molecular formula is C13H17ClN2O3. The third kappa shape index (κ3) is 2.61. The van der Waals surface area contributed by atoms with Gasteiger partial charge in [0.05, 0.1) is 5.02 Å². The molecule has 2 atom stereocenters. The second-order valence-corrected chi connectivity index (χ2v) is 5.49. The summed E-state index contributed by atoms with van der Waals surface area (Å²) in [6.07, 6.45) is 3.29. The van der Waals surface area contributed by atoms with Gasteiger partial charge in [-0.1, -0.05) is 18.5 Å². The van der Waals surface area contributed by atoms with Crippen LogP contribution in [0.1, 0.15) is 30.3 Å². The van der Waals surface area contributed by atoms with Crippen molar-refractivity contribution in [2.45, 2.75) is 25.8 Å². The van der Waals surface area contributed by atoms with Crippen LogP contribution in [0.2, 0.25) is 5.02 Å². The number of piperidine rings is 1. The van der Waals surface area contributed by atoms with Crippen LogP contribution in [0.15, 0.2) is 12.3 Å². The smallest absolute Gasteiger partial charge is 0.326 e. The molecule has 0 radical (unpaired) electrons. The number of rotatable bonds is 2. The standard InChI is InChI=1S/C13H17ClN2O3/c1-8-4-3-5-16(11(8)13(18)19)12(17)10-6-9(14)7-15(10)2/h6-8,11H,3-5H2,1-2H3,(H,18,19). The molecule has 104 valence electrons.